The second kappa shape index (κ2) is 4.72. The van der Waals surface area contributed by atoms with E-state index in [9.17, 15) is 9.59 Å². The summed E-state index contributed by atoms with van der Waals surface area (Å²) in [6.45, 7) is 0.187. The molecular weight excluding hydrogens is 222 g/mol. The molecule has 0 aliphatic carbocycles. The molecule has 1 aromatic carbocycles. The van der Waals surface area contributed by atoms with Gasteiger partial charge in [0, 0.05) is 0 Å². The van der Waals surface area contributed by atoms with Gasteiger partial charge in [-0.25, -0.2) is 4.79 Å². The van der Waals surface area contributed by atoms with Crippen molar-refractivity contribution in [1.82, 2.24) is 0 Å². The Hall–Kier alpha value is -2.26. The molecule has 1 N–H and O–H groups in total. The number of methoxy groups -OCH3 is 1. The lowest BCUT2D eigenvalue weighted by atomic mass is 10.1. The number of carbonyl (C=O) groups is 1. The van der Waals surface area contributed by atoms with Crippen molar-refractivity contribution >= 4 is 17.6 Å². The summed E-state index contributed by atoms with van der Waals surface area (Å²) in [6, 6.07) is 5.29. The van der Waals surface area contributed by atoms with E-state index in [4.69, 9.17) is 4.74 Å². The fourth-order valence-electron chi connectivity index (χ4n) is 1.55. The zero-order chi connectivity index (χ0) is 12.3. The molecule has 0 unspecified atom stereocenters. The van der Waals surface area contributed by atoms with Gasteiger partial charge in [-0.3, -0.25) is 4.79 Å². The number of rotatable bonds is 2. The Kier molecular flexibility index (Phi) is 3.12. The van der Waals surface area contributed by atoms with Gasteiger partial charge < -0.3 is 14.8 Å². The van der Waals surface area contributed by atoms with E-state index in [1.807, 2.05) is 0 Å². The molecule has 0 radical (unpaired) electrons. The molecule has 1 aromatic rings. The van der Waals surface area contributed by atoms with Crippen molar-refractivity contribution in [3.63, 3.8) is 0 Å². The van der Waals surface area contributed by atoms with Gasteiger partial charge >= 0.3 is 5.97 Å². The van der Waals surface area contributed by atoms with Crippen molar-refractivity contribution in [2.45, 2.75) is 6.42 Å². The van der Waals surface area contributed by atoms with Crippen molar-refractivity contribution in [2.75, 3.05) is 19.0 Å². The van der Waals surface area contributed by atoms with E-state index in [2.05, 4.69) is 10.1 Å². The van der Waals surface area contributed by atoms with Crippen LogP contribution in [0.3, 0.4) is 0 Å². The number of esters is 1. The molecule has 0 saturated heterocycles. The predicted octanol–water partition coefficient (Wildman–Crippen LogP) is 0.922. The molecule has 0 bridgehead atoms. The van der Waals surface area contributed by atoms with Gasteiger partial charge in [-0.2, -0.15) is 0 Å². The fraction of sp³-hybridized carbons (Fsp3) is 0.250. The molecule has 5 nitrogen and oxygen atoms in total. The van der Waals surface area contributed by atoms with Gasteiger partial charge in [0.05, 0.1) is 19.2 Å². The lowest BCUT2D eigenvalue weighted by Crippen LogP contribution is -2.17. The Bertz CT molecular complexity index is 503. The van der Waals surface area contributed by atoms with Gasteiger partial charge in [0.2, 0.25) is 0 Å². The number of nitrogens with one attached hydrogen (secondary N) is 1. The Morgan fingerprint density at radius 3 is 3.12 bits per heavy atom. The second-order valence-corrected chi connectivity index (χ2v) is 3.58. The molecule has 0 spiro atoms. The number of benzene rings is 1. The molecule has 1 aliphatic rings. The first-order valence-corrected chi connectivity index (χ1v) is 5.06. The first-order chi connectivity index (χ1) is 8.22. The third kappa shape index (κ3) is 2.46. The number of hydrogen-bond donors (Lipinski definition) is 1. The van der Waals surface area contributed by atoms with Crippen LogP contribution in [0.1, 0.15) is 5.56 Å². The van der Waals surface area contributed by atoms with Crippen LogP contribution in [0.5, 0.6) is 5.75 Å². The van der Waals surface area contributed by atoms with E-state index in [1.165, 1.54) is 7.11 Å². The van der Waals surface area contributed by atoms with Gasteiger partial charge in [0.25, 0.3) is 0 Å². The summed E-state index contributed by atoms with van der Waals surface area (Å²) < 4.78 is 9.92. The van der Waals surface area contributed by atoms with Crippen LogP contribution < -0.4 is 10.1 Å². The minimum atomic E-state index is -0.312. The zero-order valence-electron chi connectivity index (χ0n) is 9.28. The van der Waals surface area contributed by atoms with E-state index >= 15 is 0 Å². The normalized spacial score (nSPS) is 12.9. The third-order valence-corrected chi connectivity index (χ3v) is 2.40. The van der Waals surface area contributed by atoms with Crippen molar-refractivity contribution in [3.05, 3.63) is 29.5 Å². The highest BCUT2D eigenvalue weighted by molar-refractivity contribution is 5.75. The molecule has 0 aromatic heterocycles. The molecule has 0 atom stereocenters. The maximum absolute atomic E-state index is 11.1. The largest absolute Gasteiger partial charge is 0.484 e. The third-order valence-electron chi connectivity index (χ3n) is 2.40. The average Bonchev–Trinajstić information content (AvgIpc) is 2.37. The SMILES string of the molecule is COC(=O)Cc1ccc2c(c1)NC(=C=O)CO2. The molecule has 2 rings (SSSR count). The van der Waals surface area contributed by atoms with Crippen LogP contribution in [0.4, 0.5) is 5.69 Å². The van der Waals surface area contributed by atoms with E-state index in [0.717, 1.165) is 5.56 Å². The average molecular weight is 233 g/mol. The Balaban J connectivity index is 2.24. The smallest absolute Gasteiger partial charge is 0.309 e. The van der Waals surface area contributed by atoms with Crippen molar-refractivity contribution in [3.8, 4) is 5.75 Å². The van der Waals surface area contributed by atoms with Crippen molar-refractivity contribution in [1.29, 1.82) is 0 Å². The minimum Gasteiger partial charge on any atom is -0.484 e. The highest BCUT2D eigenvalue weighted by atomic mass is 16.5. The summed E-state index contributed by atoms with van der Waals surface area (Å²) in [5.41, 5.74) is 1.79. The summed E-state index contributed by atoms with van der Waals surface area (Å²) in [5.74, 6) is 2.09. The monoisotopic (exact) mass is 233 g/mol. The molecule has 1 heterocycles. The quantitative estimate of drug-likeness (QED) is 0.608. The van der Waals surface area contributed by atoms with Crippen LogP contribution in [0, 0.1) is 0 Å². The molecule has 0 saturated carbocycles. The second-order valence-electron chi connectivity index (χ2n) is 3.58. The summed E-state index contributed by atoms with van der Waals surface area (Å²) in [7, 11) is 1.34. The van der Waals surface area contributed by atoms with Crippen LogP contribution in [0.25, 0.3) is 0 Å². The molecule has 1 aliphatic heterocycles. The van der Waals surface area contributed by atoms with Crippen LogP contribution >= 0.6 is 0 Å². The fourth-order valence-corrected chi connectivity index (χ4v) is 1.55. The maximum atomic E-state index is 11.1. The first-order valence-electron chi connectivity index (χ1n) is 5.06. The number of hydrogen-bond acceptors (Lipinski definition) is 5. The van der Waals surface area contributed by atoms with Gasteiger partial charge in [-0.1, -0.05) is 6.07 Å². The minimum absolute atomic E-state index is 0.186. The molecule has 0 amide bonds. The van der Waals surface area contributed by atoms with E-state index in [0.29, 0.717) is 17.1 Å². The molecule has 0 fully saturated rings. The summed E-state index contributed by atoms with van der Waals surface area (Å²) in [4.78, 5) is 21.6. The standard InChI is InChI=1S/C12H11NO4/c1-16-12(15)5-8-2-3-11-10(4-8)13-9(6-14)7-17-11/h2-4,13H,5,7H2,1H3. The van der Waals surface area contributed by atoms with Gasteiger partial charge in [-0.15, -0.1) is 0 Å². The molecular formula is C12H11NO4. The van der Waals surface area contributed by atoms with E-state index in [-0.39, 0.29) is 19.0 Å². The van der Waals surface area contributed by atoms with Crippen LogP contribution in [0.15, 0.2) is 23.9 Å². The predicted molar refractivity (Wildman–Crippen MR) is 60.5 cm³/mol. The van der Waals surface area contributed by atoms with Gasteiger partial charge in [0.1, 0.15) is 24.0 Å². The van der Waals surface area contributed by atoms with E-state index in [1.54, 1.807) is 24.1 Å². The summed E-state index contributed by atoms with van der Waals surface area (Å²) >= 11 is 0. The summed E-state index contributed by atoms with van der Waals surface area (Å²) in [5, 5.41) is 2.89. The van der Waals surface area contributed by atoms with Crippen molar-refractivity contribution in [2.24, 2.45) is 0 Å². The zero-order valence-corrected chi connectivity index (χ0v) is 9.28. The van der Waals surface area contributed by atoms with Crippen LogP contribution in [0.2, 0.25) is 0 Å². The Morgan fingerprint density at radius 2 is 2.41 bits per heavy atom. The Morgan fingerprint density at radius 1 is 1.59 bits per heavy atom. The van der Waals surface area contributed by atoms with Crippen molar-refractivity contribution < 1.29 is 19.1 Å². The van der Waals surface area contributed by atoms with Crippen LogP contribution in [-0.2, 0) is 20.7 Å². The highest BCUT2D eigenvalue weighted by Crippen LogP contribution is 2.30. The molecule has 88 valence electrons. The number of ether oxygens (including phenoxy) is 2. The number of anilines is 1. The lowest BCUT2D eigenvalue weighted by molar-refractivity contribution is -0.139. The van der Waals surface area contributed by atoms with Gasteiger partial charge in [-0.05, 0) is 17.7 Å². The summed E-state index contributed by atoms with van der Waals surface area (Å²) in [6.07, 6.45) is 0.186. The topological polar surface area (TPSA) is 64.6 Å². The Labute approximate surface area is 98.0 Å². The lowest BCUT2D eigenvalue weighted by Gasteiger charge is -2.20. The molecule has 17 heavy (non-hydrogen) atoms. The first kappa shape index (κ1) is 11.2. The van der Waals surface area contributed by atoms with Gasteiger partial charge in [0.15, 0.2) is 0 Å². The maximum Gasteiger partial charge on any atom is 0.309 e. The van der Waals surface area contributed by atoms with Crippen LogP contribution in [-0.4, -0.2) is 25.6 Å². The number of carbonyl (C=O) groups excluding carboxylic acids is 2. The number of fused-ring (bicyclic) bond motifs is 1. The molecule has 5 heteroatoms. The van der Waals surface area contributed by atoms with E-state index < -0.39 is 0 Å². The highest BCUT2D eigenvalue weighted by Gasteiger charge is 2.15.